The van der Waals surface area contributed by atoms with Gasteiger partial charge in [-0.15, -0.1) is 24.0 Å². The summed E-state index contributed by atoms with van der Waals surface area (Å²) < 4.78 is 13.7. The van der Waals surface area contributed by atoms with Gasteiger partial charge in [-0.3, -0.25) is 9.79 Å². The maximum absolute atomic E-state index is 13.7. The molecule has 0 saturated carbocycles. The third-order valence-electron chi connectivity index (χ3n) is 4.12. The minimum Gasteiger partial charge on any atom is -0.352 e. The molecule has 0 aliphatic carbocycles. The highest BCUT2D eigenvalue weighted by molar-refractivity contribution is 14.0. The predicted molar refractivity (Wildman–Crippen MR) is 126 cm³/mol. The van der Waals surface area contributed by atoms with Gasteiger partial charge in [-0.1, -0.05) is 30.3 Å². The number of nitrogens with zero attached hydrogens (tertiary/aromatic N) is 2. The number of benzene rings is 2. The van der Waals surface area contributed by atoms with E-state index in [2.05, 4.69) is 20.9 Å². The van der Waals surface area contributed by atoms with Crippen LogP contribution in [0.2, 0.25) is 0 Å². The quantitative estimate of drug-likeness (QED) is 0.289. The van der Waals surface area contributed by atoms with Crippen LogP contribution < -0.4 is 16.0 Å². The van der Waals surface area contributed by atoms with Crippen LogP contribution in [0.5, 0.6) is 0 Å². The molecule has 0 spiro atoms. The summed E-state index contributed by atoms with van der Waals surface area (Å²) in [4.78, 5) is 18.4. The van der Waals surface area contributed by atoms with Crippen molar-refractivity contribution < 1.29 is 9.18 Å². The summed E-state index contributed by atoms with van der Waals surface area (Å²) in [6.07, 6.45) is 0. The van der Waals surface area contributed by atoms with Crippen molar-refractivity contribution >= 4 is 35.8 Å². The molecule has 0 fully saturated rings. The lowest BCUT2D eigenvalue weighted by Gasteiger charge is -2.13. The van der Waals surface area contributed by atoms with Crippen LogP contribution in [0.15, 0.2) is 53.5 Å². The lowest BCUT2D eigenvalue weighted by Crippen LogP contribution is -2.36. The fraction of sp³-hybridized carbons (Fsp3) is 0.333. The zero-order valence-corrected chi connectivity index (χ0v) is 19.4. The Morgan fingerprint density at radius 3 is 2.45 bits per heavy atom. The summed E-state index contributed by atoms with van der Waals surface area (Å²) in [5.74, 6) is 0.216. The molecule has 2 aromatic rings. The molecular weight excluding hydrogens is 484 g/mol. The van der Waals surface area contributed by atoms with Crippen LogP contribution in [0, 0.1) is 5.82 Å². The number of carbonyl (C=O) groups is 1. The Kier molecular flexibility index (Phi) is 11.2. The average molecular weight is 513 g/mol. The molecule has 1 amide bonds. The highest BCUT2D eigenvalue weighted by Gasteiger charge is 2.07. The van der Waals surface area contributed by atoms with Crippen LogP contribution in [0.1, 0.15) is 21.5 Å². The second-order valence-electron chi connectivity index (χ2n) is 6.63. The van der Waals surface area contributed by atoms with E-state index in [0.717, 1.165) is 12.1 Å². The number of aliphatic imine (C=N–C) groups is 1. The Bertz CT molecular complexity index is 813. The zero-order valence-electron chi connectivity index (χ0n) is 17.0. The largest absolute Gasteiger partial charge is 0.352 e. The van der Waals surface area contributed by atoms with E-state index in [1.54, 1.807) is 31.3 Å². The van der Waals surface area contributed by atoms with Gasteiger partial charge < -0.3 is 20.9 Å². The van der Waals surface area contributed by atoms with Crippen LogP contribution in [0.25, 0.3) is 0 Å². The topological polar surface area (TPSA) is 68.8 Å². The maximum atomic E-state index is 13.7. The molecule has 0 aliphatic rings. The number of hydrogen-bond acceptors (Lipinski definition) is 3. The van der Waals surface area contributed by atoms with Gasteiger partial charge in [0, 0.05) is 44.4 Å². The number of rotatable bonds is 8. The van der Waals surface area contributed by atoms with Crippen molar-refractivity contribution in [2.24, 2.45) is 4.99 Å². The molecule has 0 atom stereocenters. The number of hydrogen-bond donors (Lipinski definition) is 3. The van der Waals surface area contributed by atoms with Crippen molar-refractivity contribution in [3.8, 4) is 0 Å². The van der Waals surface area contributed by atoms with Crippen molar-refractivity contribution in [1.29, 1.82) is 0 Å². The average Bonchev–Trinajstić information content (AvgIpc) is 2.69. The molecular formula is C21H29FIN5O. The number of amides is 1. The first-order valence-electron chi connectivity index (χ1n) is 9.19. The molecule has 2 rings (SSSR count). The standard InChI is InChI=1S/C21H28FN5O.HI/c1-23-21(26-15-18-8-4-5-10-19(18)22)25-14-16-7-6-9-17(13-16)20(28)24-11-12-27(2)3;/h4-10,13H,11-12,14-15H2,1-3H3,(H,24,28)(H2,23,25,26);1H. The van der Waals surface area contributed by atoms with Gasteiger partial charge in [0.25, 0.3) is 5.91 Å². The van der Waals surface area contributed by atoms with E-state index in [1.165, 1.54) is 6.07 Å². The van der Waals surface area contributed by atoms with Crippen molar-refractivity contribution in [1.82, 2.24) is 20.9 Å². The van der Waals surface area contributed by atoms with E-state index in [1.807, 2.05) is 37.2 Å². The lowest BCUT2D eigenvalue weighted by atomic mass is 10.1. The van der Waals surface area contributed by atoms with Gasteiger partial charge in [0.2, 0.25) is 0 Å². The van der Waals surface area contributed by atoms with E-state index < -0.39 is 0 Å². The molecule has 3 N–H and O–H groups in total. The summed E-state index contributed by atoms with van der Waals surface area (Å²) in [7, 11) is 5.59. The Labute approximate surface area is 189 Å². The highest BCUT2D eigenvalue weighted by atomic mass is 127. The first-order chi connectivity index (χ1) is 13.5. The van der Waals surface area contributed by atoms with Gasteiger partial charge in [-0.25, -0.2) is 4.39 Å². The molecule has 29 heavy (non-hydrogen) atoms. The van der Waals surface area contributed by atoms with Gasteiger partial charge in [0.05, 0.1) is 0 Å². The van der Waals surface area contributed by atoms with Gasteiger partial charge in [0.15, 0.2) is 5.96 Å². The number of guanidine groups is 1. The second kappa shape index (κ2) is 13.1. The lowest BCUT2D eigenvalue weighted by molar-refractivity contribution is 0.0951. The Balaban J connectivity index is 0.00000420. The molecule has 0 radical (unpaired) electrons. The smallest absolute Gasteiger partial charge is 0.251 e. The van der Waals surface area contributed by atoms with Gasteiger partial charge in [-0.05, 0) is 37.9 Å². The molecule has 6 nitrogen and oxygen atoms in total. The minimum atomic E-state index is -0.251. The normalized spacial score (nSPS) is 11.0. The van der Waals surface area contributed by atoms with Crippen LogP contribution in [-0.2, 0) is 13.1 Å². The molecule has 0 saturated heterocycles. The van der Waals surface area contributed by atoms with Crippen LogP contribution >= 0.6 is 24.0 Å². The fourth-order valence-corrected chi connectivity index (χ4v) is 2.54. The molecule has 2 aromatic carbocycles. The third kappa shape index (κ3) is 8.78. The summed E-state index contributed by atoms with van der Waals surface area (Å²) in [6, 6.07) is 14.1. The maximum Gasteiger partial charge on any atom is 0.251 e. The fourth-order valence-electron chi connectivity index (χ4n) is 2.54. The molecule has 0 bridgehead atoms. The van der Waals surface area contributed by atoms with Gasteiger partial charge in [-0.2, -0.15) is 0 Å². The molecule has 0 aromatic heterocycles. The Hall–Kier alpha value is -2.20. The van der Waals surface area contributed by atoms with Gasteiger partial charge in [0.1, 0.15) is 5.82 Å². The van der Waals surface area contributed by atoms with E-state index in [4.69, 9.17) is 0 Å². The van der Waals surface area contributed by atoms with Crippen molar-refractivity contribution in [2.75, 3.05) is 34.2 Å². The van der Waals surface area contributed by atoms with E-state index >= 15 is 0 Å². The van der Waals surface area contributed by atoms with Crippen molar-refractivity contribution in [2.45, 2.75) is 13.1 Å². The molecule has 0 aliphatic heterocycles. The second-order valence-corrected chi connectivity index (χ2v) is 6.63. The summed E-state index contributed by atoms with van der Waals surface area (Å²) in [5, 5.41) is 9.17. The number of halogens is 2. The molecule has 0 unspecified atom stereocenters. The van der Waals surface area contributed by atoms with E-state index in [9.17, 15) is 9.18 Å². The van der Waals surface area contributed by atoms with Crippen LogP contribution in [0.3, 0.4) is 0 Å². The number of likely N-dealkylation sites (N-methyl/N-ethyl adjacent to an activating group) is 1. The number of carbonyl (C=O) groups excluding carboxylic acids is 1. The highest BCUT2D eigenvalue weighted by Crippen LogP contribution is 2.06. The Morgan fingerprint density at radius 1 is 1.03 bits per heavy atom. The van der Waals surface area contributed by atoms with Crippen molar-refractivity contribution in [3.05, 3.63) is 71.0 Å². The monoisotopic (exact) mass is 513 g/mol. The number of nitrogens with one attached hydrogen (secondary N) is 3. The summed E-state index contributed by atoms with van der Waals surface area (Å²) >= 11 is 0. The van der Waals surface area contributed by atoms with E-state index in [-0.39, 0.29) is 35.7 Å². The minimum absolute atomic E-state index is 0. The van der Waals surface area contributed by atoms with Crippen LogP contribution in [-0.4, -0.2) is 51.0 Å². The summed E-state index contributed by atoms with van der Waals surface area (Å²) in [6.45, 7) is 2.22. The van der Waals surface area contributed by atoms with Crippen LogP contribution in [0.4, 0.5) is 4.39 Å². The van der Waals surface area contributed by atoms with E-state index in [0.29, 0.717) is 36.7 Å². The first-order valence-corrected chi connectivity index (χ1v) is 9.19. The predicted octanol–water partition coefficient (Wildman–Crippen LogP) is 2.60. The summed E-state index contributed by atoms with van der Waals surface area (Å²) in [5.41, 5.74) is 2.14. The first kappa shape index (κ1) is 24.8. The SMILES string of the molecule is CN=C(NCc1cccc(C(=O)NCCN(C)C)c1)NCc1ccccc1F.I. The van der Waals surface area contributed by atoms with Gasteiger partial charge >= 0.3 is 0 Å². The molecule has 8 heteroatoms. The zero-order chi connectivity index (χ0) is 20.4. The molecule has 158 valence electrons. The Morgan fingerprint density at radius 2 is 1.76 bits per heavy atom. The third-order valence-corrected chi connectivity index (χ3v) is 4.12. The molecule has 0 heterocycles. The van der Waals surface area contributed by atoms with Crippen molar-refractivity contribution in [3.63, 3.8) is 0 Å².